The molecule has 22 heavy (non-hydrogen) atoms. The number of Topliss-reactive ketones (excluding diaryl/α,β-unsaturated/α-hetero) is 1. The number of hydrogen-bond acceptors (Lipinski definition) is 3. The number of carbonyl (C=O) groups is 2. The Labute approximate surface area is 137 Å². The number of ketones is 1. The van der Waals surface area contributed by atoms with E-state index in [2.05, 4.69) is 20.8 Å². The van der Waals surface area contributed by atoms with Crippen molar-refractivity contribution in [1.82, 2.24) is 0 Å². The molecule has 3 nitrogen and oxygen atoms in total. The Morgan fingerprint density at radius 2 is 1.32 bits per heavy atom. The van der Waals surface area contributed by atoms with Gasteiger partial charge in [0, 0.05) is 13.3 Å². The smallest absolute Gasteiger partial charge is 0.303 e. The van der Waals surface area contributed by atoms with Crippen LogP contribution in [0.15, 0.2) is 0 Å². The summed E-state index contributed by atoms with van der Waals surface area (Å²) in [6.07, 6.45) is 11.3. The number of unbranched alkanes of at least 4 members (excludes halogenated alkanes) is 6. The van der Waals surface area contributed by atoms with E-state index in [0.29, 0.717) is 19.3 Å². The van der Waals surface area contributed by atoms with Crippen LogP contribution in [0.3, 0.4) is 0 Å². The molecule has 0 aromatic heterocycles. The fourth-order valence-corrected chi connectivity index (χ4v) is 2.90. The molecule has 0 aromatic carbocycles. The molecule has 0 rings (SSSR count). The summed E-state index contributed by atoms with van der Waals surface area (Å²) in [4.78, 5) is 24.3. The Morgan fingerprint density at radius 3 is 1.86 bits per heavy atom. The van der Waals surface area contributed by atoms with Gasteiger partial charge in [0.1, 0.15) is 0 Å². The summed E-state index contributed by atoms with van der Waals surface area (Å²) in [7, 11) is 0. The molecule has 0 N–H and O–H groups in total. The largest absolute Gasteiger partial charge is 0.451 e. The lowest BCUT2D eigenvalue weighted by Crippen LogP contribution is -2.43. The van der Waals surface area contributed by atoms with E-state index in [1.807, 2.05) is 0 Å². The van der Waals surface area contributed by atoms with Crippen molar-refractivity contribution in [2.45, 2.75) is 110 Å². The quantitative estimate of drug-likeness (QED) is 0.310. The number of esters is 1. The van der Waals surface area contributed by atoms with Gasteiger partial charge in [-0.15, -0.1) is 0 Å². The molecule has 0 radical (unpaired) electrons. The molecule has 0 bridgehead atoms. The van der Waals surface area contributed by atoms with Crippen molar-refractivity contribution in [2.24, 2.45) is 0 Å². The van der Waals surface area contributed by atoms with Gasteiger partial charge >= 0.3 is 5.97 Å². The molecule has 130 valence electrons. The summed E-state index contributed by atoms with van der Waals surface area (Å²) in [5.74, 6) is -0.183. The van der Waals surface area contributed by atoms with Crippen LogP contribution >= 0.6 is 0 Å². The zero-order valence-corrected chi connectivity index (χ0v) is 15.2. The van der Waals surface area contributed by atoms with Gasteiger partial charge in [-0.3, -0.25) is 9.59 Å². The number of carbonyl (C=O) groups excluding carboxylic acids is 2. The Balaban J connectivity index is 4.86. The van der Waals surface area contributed by atoms with Crippen LogP contribution in [-0.2, 0) is 14.3 Å². The first-order chi connectivity index (χ1) is 10.5. The summed E-state index contributed by atoms with van der Waals surface area (Å²) in [5, 5.41) is 0. The van der Waals surface area contributed by atoms with Crippen LogP contribution in [0.4, 0.5) is 0 Å². The highest BCUT2D eigenvalue weighted by Crippen LogP contribution is 2.30. The van der Waals surface area contributed by atoms with Crippen LogP contribution in [-0.4, -0.2) is 17.4 Å². The van der Waals surface area contributed by atoms with Gasteiger partial charge in [0.25, 0.3) is 0 Å². The Hall–Kier alpha value is -0.860. The van der Waals surface area contributed by atoms with Crippen LogP contribution in [0.1, 0.15) is 105 Å². The minimum Gasteiger partial charge on any atom is -0.451 e. The second-order valence-corrected chi connectivity index (χ2v) is 6.38. The maximum Gasteiger partial charge on any atom is 0.303 e. The molecule has 0 saturated carbocycles. The maximum absolute atomic E-state index is 12.8. The van der Waals surface area contributed by atoms with Crippen LogP contribution in [0.5, 0.6) is 0 Å². The summed E-state index contributed by atoms with van der Waals surface area (Å²) < 4.78 is 5.62. The fraction of sp³-hybridized carbons (Fsp3) is 0.895. The van der Waals surface area contributed by atoms with E-state index in [1.54, 1.807) is 0 Å². The van der Waals surface area contributed by atoms with E-state index in [9.17, 15) is 9.59 Å². The summed E-state index contributed by atoms with van der Waals surface area (Å²) >= 11 is 0. The van der Waals surface area contributed by atoms with Crippen molar-refractivity contribution in [2.75, 3.05) is 0 Å². The normalized spacial score (nSPS) is 13.6. The molecule has 1 unspecified atom stereocenters. The number of ether oxygens (including phenoxy) is 1. The average Bonchev–Trinajstić information content (AvgIpc) is 2.48. The van der Waals surface area contributed by atoms with Gasteiger partial charge in [0.2, 0.25) is 0 Å². The van der Waals surface area contributed by atoms with Crippen molar-refractivity contribution in [3.8, 4) is 0 Å². The van der Waals surface area contributed by atoms with Crippen molar-refractivity contribution in [3.05, 3.63) is 0 Å². The predicted molar refractivity (Wildman–Crippen MR) is 91.9 cm³/mol. The lowest BCUT2D eigenvalue weighted by atomic mass is 9.84. The molecular weight excluding hydrogens is 276 g/mol. The second-order valence-electron chi connectivity index (χ2n) is 6.38. The SMILES string of the molecule is CCCCCCC(=O)C(CCCC)(CCCCC)OC(C)=O. The molecule has 0 amide bonds. The molecule has 3 heteroatoms. The van der Waals surface area contributed by atoms with E-state index < -0.39 is 5.60 Å². The fourth-order valence-electron chi connectivity index (χ4n) is 2.90. The van der Waals surface area contributed by atoms with Crippen LogP contribution in [0.2, 0.25) is 0 Å². The minimum atomic E-state index is -0.858. The van der Waals surface area contributed by atoms with Crippen molar-refractivity contribution in [1.29, 1.82) is 0 Å². The molecule has 0 heterocycles. The van der Waals surface area contributed by atoms with Crippen molar-refractivity contribution >= 4 is 11.8 Å². The van der Waals surface area contributed by atoms with E-state index in [4.69, 9.17) is 4.74 Å². The number of rotatable bonds is 14. The molecule has 0 aromatic rings. The first-order valence-electron chi connectivity index (χ1n) is 9.25. The van der Waals surface area contributed by atoms with Crippen LogP contribution < -0.4 is 0 Å². The molecule has 0 aliphatic rings. The van der Waals surface area contributed by atoms with Gasteiger partial charge in [-0.1, -0.05) is 59.3 Å². The van der Waals surface area contributed by atoms with Gasteiger partial charge in [-0.2, -0.15) is 0 Å². The van der Waals surface area contributed by atoms with Gasteiger partial charge in [-0.25, -0.2) is 0 Å². The zero-order valence-electron chi connectivity index (χ0n) is 15.2. The third-order valence-corrected chi connectivity index (χ3v) is 4.22. The van der Waals surface area contributed by atoms with Gasteiger partial charge in [0.05, 0.1) is 0 Å². The topological polar surface area (TPSA) is 43.4 Å². The zero-order chi connectivity index (χ0) is 16.8. The highest BCUT2D eigenvalue weighted by molar-refractivity contribution is 5.89. The van der Waals surface area contributed by atoms with Crippen molar-refractivity contribution in [3.63, 3.8) is 0 Å². The highest BCUT2D eigenvalue weighted by atomic mass is 16.6. The van der Waals surface area contributed by atoms with E-state index >= 15 is 0 Å². The third-order valence-electron chi connectivity index (χ3n) is 4.22. The molecule has 0 fully saturated rings. The average molecular weight is 312 g/mol. The third kappa shape index (κ3) is 8.55. The monoisotopic (exact) mass is 312 g/mol. The molecule has 0 spiro atoms. The number of hydrogen-bond donors (Lipinski definition) is 0. The summed E-state index contributed by atoms with van der Waals surface area (Å²) in [6.45, 7) is 7.84. The molecule has 0 aliphatic heterocycles. The van der Waals surface area contributed by atoms with E-state index in [0.717, 1.165) is 51.4 Å². The maximum atomic E-state index is 12.8. The lowest BCUT2D eigenvalue weighted by molar-refractivity contribution is -0.168. The Bertz CT molecular complexity index is 312. The lowest BCUT2D eigenvalue weighted by Gasteiger charge is -2.32. The van der Waals surface area contributed by atoms with Gasteiger partial charge in [-0.05, 0) is 32.1 Å². The Morgan fingerprint density at radius 1 is 0.773 bits per heavy atom. The second kappa shape index (κ2) is 12.7. The van der Waals surface area contributed by atoms with Gasteiger partial charge < -0.3 is 4.74 Å². The predicted octanol–water partition coefficient (Wildman–Crippen LogP) is 5.60. The first kappa shape index (κ1) is 21.1. The van der Waals surface area contributed by atoms with E-state index in [-0.39, 0.29) is 11.8 Å². The van der Waals surface area contributed by atoms with E-state index in [1.165, 1.54) is 13.3 Å². The summed E-state index contributed by atoms with van der Waals surface area (Å²) in [5.41, 5.74) is -0.858. The highest BCUT2D eigenvalue weighted by Gasteiger charge is 2.39. The van der Waals surface area contributed by atoms with Crippen molar-refractivity contribution < 1.29 is 14.3 Å². The first-order valence-corrected chi connectivity index (χ1v) is 9.25. The molecular formula is C19H36O3. The minimum absolute atomic E-state index is 0.142. The summed E-state index contributed by atoms with van der Waals surface area (Å²) in [6, 6.07) is 0. The van der Waals surface area contributed by atoms with Gasteiger partial charge in [0.15, 0.2) is 11.4 Å². The molecule has 1 atom stereocenters. The molecule has 0 saturated heterocycles. The Kier molecular flexibility index (Phi) is 12.2. The van der Waals surface area contributed by atoms with Crippen LogP contribution in [0, 0.1) is 0 Å². The van der Waals surface area contributed by atoms with Crippen LogP contribution in [0.25, 0.3) is 0 Å². The molecule has 0 aliphatic carbocycles. The standard InChI is InChI=1S/C19H36O3/c1-5-8-11-12-14-18(21)19(15-10-7-3,22-17(4)20)16-13-9-6-2/h5-16H2,1-4H3.